The van der Waals surface area contributed by atoms with Gasteiger partial charge in [-0.25, -0.2) is 0 Å². The summed E-state index contributed by atoms with van der Waals surface area (Å²) in [4.78, 5) is 0. The Hall–Kier alpha value is -2.31. The van der Waals surface area contributed by atoms with E-state index >= 15 is 0 Å². The Morgan fingerprint density at radius 1 is 1.27 bits per heavy atom. The van der Waals surface area contributed by atoms with Gasteiger partial charge in [0.1, 0.15) is 0 Å². The Labute approximate surface area is 131 Å². The molecule has 3 heteroatoms. The van der Waals surface area contributed by atoms with Crippen LogP contribution in [-0.4, -0.2) is 16.3 Å². The molecule has 0 bridgehead atoms. The highest BCUT2D eigenvalue weighted by Crippen LogP contribution is 2.52. The van der Waals surface area contributed by atoms with Crippen LogP contribution in [-0.2, 0) is 6.54 Å². The van der Waals surface area contributed by atoms with Crippen LogP contribution in [0.25, 0.3) is 0 Å². The lowest BCUT2D eigenvalue weighted by molar-refractivity contribution is 0.102. The fourth-order valence-electron chi connectivity index (χ4n) is 3.56. The van der Waals surface area contributed by atoms with Gasteiger partial charge in [-0.05, 0) is 48.1 Å². The van der Waals surface area contributed by atoms with Crippen molar-refractivity contribution in [2.75, 3.05) is 6.61 Å². The monoisotopic (exact) mass is 292 g/mol. The summed E-state index contributed by atoms with van der Waals surface area (Å²) in [5.74, 6) is 1.00. The minimum atomic E-state index is 0.189. The molecule has 3 unspecified atom stereocenters. The maximum Gasteiger partial charge on any atom is 0.0991 e. The molecule has 1 aliphatic carbocycles. The Morgan fingerprint density at radius 3 is 2.68 bits per heavy atom. The maximum absolute atomic E-state index is 9.83. The van der Waals surface area contributed by atoms with Crippen LogP contribution in [0.15, 0.2) is 55.3 Å². The van der Waals surface area contributed by atoms with Crippen molar-refractivity contribution in [2.24, 2.45) is 5.92 Å². The van der Waals surface area contributed by atoms with Gasteiger partial charge < -0.3 is 9.67 Å². The van der Waals surface area contributed by atoms with Gasteiger partial charge in [0.2, 0.25) is 0 Å². The Morgan fingerprint density at radius 2 is 2.05 bits per heavy atom. The van der Waals surface area contributed by atoms with E-state index in [1.807, 2.05) is 30.3 Å². The number of aliphatic hydroxyl groups is 1. The molecule has 112 valence electrons. The molecular formula is C19H20N2O. The van der Waals surface area contributed by atoms with E-state index in [2.05, 4.69) is 35.5 Å². The van der Waals surface area contributed by atoms with E-state index < -0.39 is 0 Å². The van der Waals surface area contributed by atoms with E-state index in [0.29, 0.717) is 17.4 Å². The van der Waals surface area contributed by atoms with Crippen LogP contribution in [0, 0.1) is 17.2 Å². The number of benzene rings is 1. The highest BCUT2D eigenvalue weighted by molar-refractivity contribution is 5.36. The first-order chi connectivity index (χ1) is 10.8. The maximum atomic E-state index is 9.83. The van der Waals surface area contributed by atoms with Gasteiger partial charge in [0.15, 0.2) is 0 Å². The Kier molecular flexibility index (Phi) is 4.13. The number of nitriles is 1. The molecule has 0 amide bonds. The fourth-order valence-corrected chi connectivity index (χ4v) is 3.56. The molecule has 0 saturated heterocycles. The Bertz CT molecular complexity index is 693. The predicted molar refractivity (Wildman–Crippen MR) is 86.5 cm³/mol. The minimum Gasteiger partial charge on any atom is -0.396 e. The smallest absolute Gasteiger partial charge is 0.0991 e. The SMILES string of the molecule is C=CCn1cccc1C1CC(c2ccc(C#N)cc2)C1CO. The molecule has 1 fully saturated rings. The van der Waals surface area contributed by atoms with Crippen LogP contribution in [0.4, 0.5) is 0 Å². The zero-order valence-electron chi connectivity index (χ0n) is 12.5. The third kappa shape index (κ3) is 2.47. The predicted octanol–water partition coefficient (Wildman–Crippen LogP) is 3.43. The van der Waals surface area contributed by atoms with Gasteiger partial charge in [-0.3, -0.25) is 0 Å². The molecule has 3 rings (SSSR count). The van der Waals surface area contributed by atoms with Gasteiger partial charge in [-0.1, -0.05) is 18.2 Å². The molecule has 0 radical (unpaired) electrons. The normalized spacial score (nSPS) is 23.5. The van der Waals surface area contributed by atoms with Crippen LogP contribution in [0.2, 0.25) is 0 Å². The molecule has 1 heterocycles. The molecule has 1 saturated carbocycles. The van der Waals surface area contributed by atoms with Crippen molar-refractivity contribution >= 4 is 0 Å². The Balaban J connectivity index is 1.79. The van der Waals surface area contributed by atoms with Crippen LogP contribution < -0.4 is 0 Å². The van der Waals surface area contributed by atoms with Crippen molar-refractivity contribution in [3.63, 3.8) is 0 Å². The standard InChI is InChI=1S/C19H20N2O/c1-2-9-21-10-3-4-19(21)17-11-16(18(17)13-22)15-7-5-14(12-20)6-8-15/h2-8,10,16-18,22H,1,9,11,13H2. The molecule has 0 aliphatic heterocycles. The zero-order valence-corrected chi connectivity index (χ0v) is 12.5. The summed E-state index contributed by atoms with van der Waals surface area (Å²) in [5, 5.41) is 18.7. The highest BCUT2D eigenvalue weighted by Gasteiger charge is 2.43. The topological polar surface area (TPSA) is 49.0 Å². The van der Waals surface area contributed by atoms with Gasteiger partial charge in [0, 0.05) is 31.0 Å². The van der Waals surface area contributed by atoms with Crippen molar-refractivity contribution in [2.45, 2.75) is 24.8 Å². The first-order valence-electron chi connectivity index (χ1n) is 7.65. The average Bonchev–Trinajstić information content (AvgIpc) is 2.96. The second-order valence-corrected chi connectivity index (χ2v) is 5.90. The van der Waals surface area contributed by atoms with E-state index in [9.17, 15) is 5.11 Å². The number of hydrogen-bond acceptors (Lipinski definition) is 2. The molecule has 2 aromatic rings. The van der Waals surface area contributed by atoms with Crippen LogP contribution in [0.1, 0.15) is 35.1 Å². The molecule has 0 spiro atoms. The third-order valence-electron chi connectivity index (χ3n) is 4.79. The number of aromatic nitrogens is 1. The van der Waals surface area contributed by atoms with Gasteiger partial charge in [0.25, 0.3) is 0 Å². The lowest BCUT2D eigenvalue weighted by atomic mass is 9.61. The number of nitrogens with zero attached hydrogens (tertiary/aromatic N) is 2. The van der Waals surface area contributed by atoms with E-state index in [1.54, 1.807) is 0 Å². The largest absolute Gasteiger partial charge is 0.396 e. The lowest BCUT2D eigenvalue weighted by Crippen LogP contribution is -2.36. The van der Waals surface area contributed by atoms with Gasteiger partial charge in [-0.15, -0.1) is 6.58 Å². The van der Waals surface area contributed by atoms with Gasteiger partial charge in [0.05, 0.1) is 11.6 Å². The summed E-state index contributed by atoms with van der Waals surface area (Å²) < 4.78 is 2.20. The highest BCUT2D eigenvalue weighted by atomic mass is 16.3. The number of allylic oxidation sites excluding steroid dienone is 1. The summed E-state index contributed by atoms with van der Waals surface area (Å²) in [6.45, 7) is 4.79. The molecule has 1 aromatic carbocycles. The van der Waals surface area contributed by atoms with Crippen molar-refractivity contribution in [3.8, 4) is 6.07 Å². The van der Waals surface area contributed by atoms with E-state index in [0.717, 1.165) is 13.0 Å². The summed E-state index contributed by atoms with van der Waals surface area (Å²) in [7, 11) is 0. The first kappa shape index (κ1) is 14.6. The summed E-state index contributed by atoms with van der Waals surface area (Å²) in [6, 6.07) is 14.1. The zero-order chi connectivity index (χ0) is 15.5. The van der Waals surface area contributed by atoms with Crippen LogP contribution in [0.5, 0.6) is 0 Å². The fraction of sp³-hybridized carbons (Fsp3) is 0.316. The summed E-state index contributed by atoms with van der Waals surface area (Å²) in [5.41, 5.74) is 3.18. The summed E-state index contributed by atoms with van der Waals surface area (Å²) >= 11 is 0. The second-order valence-electron chi connectivity index (χ2n) is 5.90. The first-order valence-corrected chi connectivity index (χ1v) is 7.65. The average molecular weight is 292 g/mol. The lowest BCUT2D eigenvalue weighted by Gasteiger charge is -2.44. The van der Waals surface area contributed by atoms with E-state index in [4.69, 9.17) is 5.26 Å². The second kappa shape index (κ2) is 6.21. The molecule has 22 heavy (non-hydrogen) atoms. The minimum absolute atomic E-state index is 0.189. The van der Waals surface area contributed by atoms with Gasteiger partial charge in [-0.2, -0.15) is 5.26 Å². The van der Waals surface area contributed by atoms with Crippen molar-refractivity contribution < 1.29 is 5.11 Å². The third-order valence-corrected chi connectivity index (χ3v) is 4.79. The van der Waals surface area contributed by atoms with E-state index in [1.165, 1.54) is 11.3 Å². The van der Waals surface area contributed by atoms with Crippen molar-refractivity contribution in [3.05, 3.63) is 72.1 Å². The summed E-state index contributed by atoms with van der Waals surface area (Å²) in [6.07, 6.45) is 5.01. The van der Waals surface area contributed by atoms with Crippen LogP contribution in [0.3, 0.4) is 0 Å². The quantitative estimate of drug-likeness (QED) is 0.858. The van der Waals surface area contributed by atoms with Crippen molar-refractivity contribution in [1.82, 2.24) is 4.57 Å². The molecule has 1 aliphatic rings. The number of aliphatic hydroxyl groups excluding tert-OH is 1. The molecule has 3 nitrogen and oxygen atoms in total. The van der Waals surface area contributed by atoms with E-state index in [-0.39, 0.29) is 12.5 Å². The van der Waals surface area contributed by atoms with Gasteiger partial charge >= 0.3 is 0 Å². The number of hydrogen-bond donors (Lipinski definition) is 1. The molecule has 1 N–H and O–H groups in total. The molecule has 3 atom stereocenters. The molecular weight excluding hydrogens is 272 g/mol. The van der Waals surface area contributed by atoms with Crippen LogP contribution >= 0.6 is 0 Å². The van der Waals surface area contributed by atoms with Crippen molar-refractivity contribution in [1.29, 1.82) is 5.26 Å². The number of rotatable bonds is 5. The molecule has 1 aromatic heterocycles.